The van der Waals surface area contributed by atoms with Gasteiger partial charge in [-0.2, -0.15) is 4.31 Å². The fraction of sp³-hybridized carbons (Fsp3) is 0.889. The molecule has 2 fully saturated rings. The maximum absolute atomic E-state index is 12.0. The van der Waals surface area contributed by atoms with Crippen molar-refractivity contribution in [1.29, 1.82) is 0 Å². The van der Waals surface area contributed by atoms with E-state index < -0.39 is 16.1 Å². The van der Waals surface area contributed by atoms with E-state index in [1.165, 1.54) is 4.31 Å². The monoisotopic (exact) mass is 247 g/mol. The number of rotatable bonds is 4. The Hall–Kier alpha value is -0.820. The Morgan fingerprint density at radius 3 is 2.69 bits per heavy atom. The van der Waals surface area contributed by atoms with E-state index in [2.05, 4.69) is 5.16 Å². The van der Waals surface area contributed by atoms with Gasteiger partial charge in [0.15, 0.2) is 5.84 Å². The molecule has 0 aromatic heterocycles. The number of nitrogens with zero attached hydrogens (tertiary/aromatic N) is 2. The molecule has 0 bridgehead atoms. The van der Waals surface area contributed by atoms with E-state index in [0.717, 1.165) is 19.3 Å². The van der Waals surface area contributed by atoms with Crippen LogP contribution in [0.5, 0.6) is 0 Å². The van der Waals surface area contributed by atoms with Crippen LogP contribution in [0.3, 0.4) is 0 Å². The van der Waals surface area contributed by atoms with Crippen molar-refractivity contribution in [2.75, 3.05) is 12.3 Å². The van der Waals surface area contributed by atoms with Gasteiger partial charge in [0.05, 0.1) is 11.8 Å². The molecule has 6 nitrogen and oxygen atoms in total. The second-order valence-electron chi connectivity index (χ2n) is 4.52. The number of hydrogen-bond acceptors (Lipinski definition) is 4. The van der Waals surface area contributed by atoms with Crippen LogP contribution in [0.15, 0.2) is 5.16 Å². The molecule has 0 aromatic rings. The lowest BCUT2D eigenvalue weighted by molar-refractivity contribution is 0.311. The van der Waals surface area contributed by atoms with Gasteiger partial charge in [-0.3, -0.25) is 0 Å². The fourth-order valence-corrected chi connectivity index (χ4v) is 4.24. The van der Waals surface area contributed by atoms with E-state index in [9.17, 15) is 8.42 Å². The number of sulfonamides is 1. The Kier molecular flexibility index (Phi) is 3.07. The van der Waals surface area contributed by atoms with E-state index in [4.69, 9.17) is 10.9 Å². The third kappa shape index (κ3) is 2.30. The highest BCUT2D eigenvalue weighted by Crippen LogP contribution is 2.33. The van der Waals surface area contributed by atoms with Gasteiger partial charge >= 0.3 is 0 Å². The number of oxime groups is 1. The Bertz CT molecular complexity index is 389. The van der Waals surface area contributed by atoms with Gasteiger partial charge < -0.3 is 10.9 Å². The molecular weight excluding hydrogens is 230 g/mol. The summed E-state index contributed by atoms with van der Waals surface area (Å²) in [5.74, 6) is 0.526. The average Bonchev–Trinajstić information content (AvgIpc) is 2.88. The zero-order valence-electron chi connectivity index (χ0n) is 9.04. The molecule has 1 heterocycles. The van der Waals surface area contributed by atoms with Gasteiger partial charge in [-0.05, 0) is 31.6 Å². The summed E-state index contributed by atoms with van der Waals surface area (Å²) in [5, 5.41) is 11.5. The molecule has 0 aromatic carbocycles. The molecule has 1 atom stereocenters. The van der Waals surface area contributed by atoms with Gasteiger partial charge in [0.25, 0.3) is 0 Å². The summed E-state index contributed by atoms with van der Waals surface area (Å²) in [7, 11) is -3.24. The highest BCUT2D eigenvalue weighted by atomic mass is 32.2. The molecular formula is C9H17N3O3S. The van der Waals surface area contributed by atoms with Crippen molar-refractivity contribution in [2.45, 2.75) is 31.7 Å². The minimum absolute atomic E-state index is 0.00290. The normalized spacial score (nSPS) is 28.5. The molecule has 16 heavy (non-hydrogen) atoms. The zero-order valence-corrected chi connectivity index (χ0v) is 9.86. The minimum atomic E-state index is -3.24. The summed E-state index contributed by atoms with van der Waals surface area (Å²) >= 11 is 0. The van der Waals surface area contributed by atoms with Gasteiger partial charge in [0, 0.05) is 6.54 Å². The van der Waals surface area contributed by atoms with Crippen LogP contribution in [0.1, 0.15) is 25.7 Å². The lowest BCUT2D eigenvalue weighted by Crippen LogP contribution is -2.44. The molecule has 2 rings (SSSR count). The predicted molar refractivity (Wildman–Crippen MR) is 59.6 cm³/mol. The summed E-state index contributed by atoms with van der Waals surface area (Å²) < 4.78 is 25.5. The van der Waals surface area contributed by atoms with Crippen LogP contribution >= 0.6 is 0 Å². The second-order valence-corrected chi connectivity index (χ2v) is 6.48. The summed E-state index contributed by atoms with van der Waals surface area (Å²) in [6, 6.07) is -0.450. The van der Waals surface area contributed by atoms with Crippen LogP contribution in [0, 0.1) is 5.92 Å². The van der Waals surface area contributed by atoms with Crippen LogP contribution in [0.4, 0.5) is 0 Å². The summed E-state index contributed by atoms with van der Waals surface area (Å²) in [5.41, 5.74) is 5.51. The Morgan fingerprint density at radius 2 is 2.12 bits per heavy atom. The average molecular weight is 247 g/mol. The second kappa shape index (κ2) is 4.21. The quantitative estimate of drug-likeness (QED) is 0.315. The number of nitrogens with two attached hydrogens (primary N) is 1. The lowest BCUT2D eigenvalue weighted by Gasteiger charge is -2.22. The van der Waals surface area contributed by atoms with E-state index in [0.29, 0.717) is 18.9 Å². The molecule has 1 saturated heterocycles. The Balaban J connectivity index is 2.12. The first-order chi connectivity index (χ1) is 7.54. The van der Waals surface area contributed by atoms with E-state index in [-0.39, 0.29) is 11.6 Å². The van der Waals surface area contributed by atoms with Gasteiger partial charge in [0.2, 0.25) is 10.0 Å². The van der Waals surface area contributed by atoms with Gasteiger partial charge in [-0.1, -0.05) is 5.16 Å². The summed E-state index contributed by atoms with van der Waals surface area (Å²) in [6.07, 6.45) is 3.41. The molecule has 0 spiro atoms. The Morgan fingerprint density at radius 1 is 1.44 bits per heavy atom. The van der Waals surface area contributed by atoms with Gasteiger partial charge in [-0.15, -0.1) is 0 Å². The first-order valence-electron chi connectivity index (χ1n) is 5.51. The van der Waals surface area contributed by atoms with Crippen molar-refractivity contribution < 1.29 is 13.6 Å². The van der Waals surface area contributed by atoms with E-state index >= 15 is 0 Å². The van der Waals surface area contributed by atoms with Crippen LogP contribution in [-0.4, -0.2) is 42.1 Å². The highest BCUT2D eigenvalue weighted by molar-refractivity contribution is 7.89. The number of amidine groups is 1. The molecule has 0 radical (unpaired) electrons. The molecule has 1 unspecified atom stereocenters. The zero-order chi connectivity index (χ0) is 11.8. The summed E-state index contributed by atoms with van der Waals surface area (Å²) in [6.45, 7) is 0.482. The van der Waals surface area contributed by atoms with E-state index in [1.807, 2.05) is 0 Å². The third-order valence-corrected chi connectivity index (χ3v) is 5.21. The SMILES string of the molecule is NC(=NO)C1CCCN1S(=O)(=O)CC1CC1. The van der Waals surface area contributed by atoms with Crippen LogP contribution in [-0.2, 0) is 10.0 Å². The minimum Gasteiger partial charge on any atom is -0.409 e. The molecule has 7 heteroatoms. The topological polar surface area (TPSA) is 96.0 Å². The van der Waals surface area contributed by atoms with Crippen LogP contribution in [0.2, 0.25) is 0 Å². The molecule has 92 valence electrons. The third-order valence-electron chi connectivity index (χ3n) is 3.16. The fourth-order valence-electron chi connectivity index (χ4n) is 2.11. The molecule has 2 aliphatic rings. The molecule has 0 amide bonds. The number of hydrogen-bond donors (Lipinski definition) is 2. The Labute approximate surface area is 95.2 Å². The first kappa shape index (κ1) is 11.7. The van der Waals surface area contributed by atoms with Crippen molar-refractivity contribution >= 4 is 15.9 Å². The van der Waals surface area contributed by atoms with Crippen molar-refractivity contribution in [2.24, 2.45) is 16.8 Å². The van der Waals surface area contributed by atoms with Crippen LogP contribution < -0.4 is 5.73 Å². The van der Waals surface area contributed by atoms with Crippen molar-refractivity contribution in [3.63, 3.8) is 0 Å². The summed E-state index contributed by atoms with van der Waals surface area (Å²) in [4.78, 5) is 0. The van der Waals surface area contributed by atoms with Gasteiger partial charge in [-0.25, -0.2) is 8.42 Å². The first-order valence-corrected chi connectivity index (χ1v) is 7.12. The largest absolute Gasteiger partial charge is 0.409 e. The van der Waals surface area contributed by atoms with Crippen molar-refractivity contribution in [1.82, 2.24) is 4.31 Å². The molecule has 3 N–H and O–H groups in total. The maximum atomic E-state index is 12.0. The van der Waals surface area contributed by atoms with Crippen molar-refractivity contribution in [3.05, 3.63) is 0 Å². The molecule has 1 saturated carbocycles. The van der Waals surface area contributed by atoms with Crippen LogP contribution in [0.25, 0.3) is 0 Å². The van der Waals surface area contributed by atoms with Crippen molar-refractivity contribution in [3.8, 4) is 0 Å². The standard InChI is InChI=1S/C9H17N3O3S/c10-9(11-13)8-2-1-5-12(8)16(14,15)6-7-3-4-7/h7-8,13H,1-6H2,(H2,10,11). The molecule has 1 aliphatic carbocycles. The predicted octanol–water partition coefficient (Wildman–Crippen LogP) is -0.0630. The highest BCUT2D eigenvalue weighted by Gasteiger charge is 2.39. The molecule has 1 aliphatic heterocycles. The lowest BCUT2D eigenvalue weighted by atomic mass is 10.2. The van der Waals surface area contributed by atoms with E-state index in [1.54, 1.807) is 0 Å². The van der Waals surface area contributed by atoms with Gasteiger partial charge in [0.1, 0.15) is 0 Å². The smallest absolute Gasteiger partial charge is 0.215 e. The maximum Gasteiger partial charge on any atom is 0.215 e.